The van der Waals surface area contributed by atoms with Crippen LogP contribution in [0.3, 0.4) is 0 Å². The van der Waals surface area contributed by atoms with E-state index in [1.54, 1.807) is 6.92 Å². The van der Waals surface area contributed by atoms with Crippen LogP contribution in [0.5, 0.6) is 11.5 Å². The fourth-order valence-corrected chi connectivity index (χ4v) is 2.50. The van der Waals surface area contributed by atoms with Gasteiger partial charge in [0, 0.05) is 35.4 Å². The van der Waals surface area contributed by atoms with Gasteiger partial charge in [-0.1, -0.05) is 0 Å². The molecule has 0 aliphatic carbocycles. The summed E-state index contributed by atoms with van der Waals surface area (Å²) in [5.74, 6) is 0.488. The number of nitro benzene ring substituents is 1. The molecule has 0 saturated carbocycles. The van der Waals surface area contributed by atoms with Crippen LogP contribution in [0, 0.1) is 21.8 Å². The van der Waals surface area contributed by atoms with Crippen LogP contribution in [0.25, 0.3) is 0 Å². The van der Waals surface area contributed by atoms with E-state index in [4.69, 9.17) is 21.7 Å². The summed E-state index contributed by atoms with van der Waals surface area (Å²) in [7, 11) is 2.78. The first kappa shape index (κ1) is 16.7. The summed E-state index contributed by atoms with van der Waals surface area (Å²) in [6.07, 6.45) is 0.154. The largest absolute Gasteiger partial charge is 0.496 e. The Labute approximate surface area is 136 Å². The summed E-state index contributed by atoms with van der Waals surface area (Å²) >= 11 is 4.91. The Bertz CT molecular complexity index is 872. The van der Waals surface area contributed by atoms with E-state index < -0.39 is 4.92 Å². The molecule has 2 N–H and O–H groups in total. The van der Waals surface area contributed by atoms with E-state index in [1.807, 2.05) is 0 Å². The number of aromatic nitrogens is 2. The number of aryl methyl sites for hydroxylation is 1. The van der Waals surface area contributed by atoms with E-state index in [-0.39, 0.29) is 28.2 Å². The third-order valence-electron chi connectivity index (χ3n) is 3.40. The molecule has 1 heterocycles. The highest BCUT2D eigenvalue weighted by Gasteiger charge is 2.20. The minimum absolute atomic E-state index is 0.0914. The molecule has 1 aromatic carbocycles. The number of H-pyrrole nitrogens is 2. The molecule has 0 amide bonds. The molecule has 0 atom stereocenters. The van der Waals surface area contributed by atoms with Gasteiger partial charge in [0.25, 0.3) is 5.56 Å². The summed E-state index contributed by atoms with van der Waals surface area (Å²) < 4.78 is 10.5. The number of nitro groups is 1. The van der Waals surface area contributed by atoms with E-state index in [2.05, 4.69) is 9.97 Å². The van der Waals surface area contributed by atoms with Gasteiger partial charge in [-0.2, -0.15) is 0 Å². The monoisotopic (exact) mass is 337 g/mol. The van der Waals surface area contributed by atoms with Gasteiger partial charge < -0.3 is 14.5 Å². The van der Waals surface area contributed by atoms with Gasteiger partial charge in [0.1, 0.15) is 5.75 Å². The van der Waals surface area contributed by atoms with Crippen molar-refractivity contribution in [3.63, 3.8) is 0 Å². The lowest BCUT2D eigenvalue weighted by Gasteiger charge is -2.12. The van der Waals surface area contributed by atoms with Crippen LogP contribution >= 0.6 is 12.2 Å². The molecular weight excluding hydrogens is 322 g/mol. The molecule has 8 nitrogen and oxygen atoms in total. The minimum Gasteiger partial charge on any atom is -0.496 e. The number of nitrogens with one attached hydrogen (secondary N) is 2. The first-order valence-electron chi connectivity index (χ1n) is 6.58. The highest BCUT2D eigenvalue weighted by molar-refractivity contribution is 7.71. The molecule has 0 saturated heterocycles. The summed E-state index contributed by atoms with van der Waals surface area (Å²) in [5.41, 5.74) is 0.989. The van der Waals surface area contributed by atoms with Crippen molar-refractivity contribution in [3.8, 4) is 11.5 Å². The predicted molar refractivity (Wildman–Crippen MR) is 86.0 cm³/mol. The highest BCUT2D eigenvalue weighted by Crippen LogP contribution is 2.35. The van der Waals surface area contributed by atoms with Gasteiger partial charge in [-0.25, -0.2) is 0 Å². The van der Waals surface area contributed by atoms with Gasteiger partial charge in [-0.15, -0.1) is 0 Å². The Balaban J connectivity index is 2.60. The Morgan fingerprint density at radius 2 is 1.87 bits per heavy atom. The van der Waals surface area contributed by atoms with Crippen molar-refractivity contribution in [2.24, 2.45) is 0 Å². The molecule has 23 heavy (non-hydrogen) atoms. The normalized spacial score (nSPS) is 10.4. The fourth-order valence-electron chi connectivity index (χ4n) is 2.26. The average molecular weight is 337 g/mol. The highest BCUT2D eigenvalue weighted by atomic mass is 32.1. The van der Waals surface area contributed by atoms with E-state index in [0.717, 1.165) is 0 Å². The third-order valence-corrected chi connectivity index (χ3v) is 3.60. The van der Waals surface area contributed by atoms with Gasteiger partial charge in [-0.05, 0) is 19.1 Å². The minimum atomic E-state index is -0.544. The number of methoxy groups -OCH3 is 2. The molecule has 0 unspecified atom stereocenters. The molecule has 9 heteroatoms. The van der Waals surface area contributed by atoms with Crippen molar-refractivity contribution < 1.29 is 14.4 Å². The Kier molecular flexibility index (Phi) is 4.80. The van der Waals surface area contributed by atoms with Crippen LogP contribution in [0.2, 0.25) is 0 Å². The molecule has 0 bridgehead atoms. The molecule has 1 aromatic heterocycles. The number of hydrogen-bond donors (Lipinski definition) is 2. The lowest BCUT2D eigenvalue weighted by Crippen LogP contribution is -2.17. The Morgan fingerprint density at radius 1 is 1.22 bits per heavy atom. The summed E-state index contributed by atoms with van der Waals surface area (Å²) in [6, 6.07) is 2.78. The number of aromatic amines is 2. The van der Waals surface area contributed by atoms with Crippen LogP contribution in [-0.2, 0) is 6.42 Å². The van der Waals surface area contributed by atoms with Crippen molar-refractivity contribution in [3.05, 3.63) is 54.2 Å². The molecule has 0 spiro atoms. The van der Waals surface area contributed by atoms with Gasteiger partial charge >= 0.3 is 5.69 Å². The predicted octanol–water partition coefficient (Wildman–Crippen LogP) is 2.26. The average Bonchev–Trinajstić information content (AvgIpc) is 2.49. The van der Waals surface area contributed by atoms with Crippen LogP contribution in [-0.4, -0.2) is 29.1 Å². The molecule has 0 fully saturated rings. The van der Waals surface area contributed by atoms with E-state index in [0.29, 0.717) is 22.6 Å². The van der Waals surface area contributed by atoms with Crippen molar-refractivity contribution in [1.29, 1.82) is 0 Å². The quantitative estimate of drug-likeness (QED) is 0.492. The van der Waals surface area contributed by atoms with E-state index in [1.165, 1.54) is 26.4 Å². The molecule has 0 aliphatic rings. The molecule has 0 aliphatic heterocycles. The summed E-state index contributed by atoms with van der Waals surface area (Å²) in [4.78, 5) is 28.0. The maximum Gasteiger partial charge on any atom is 0.311 e. The van der Waals surface area contributed by atoms with Gasteiger partial charge in [-0.3, -0.25) is 19.9 Å². The maximum absolute atomic E-state index is 12.1. The fraction of sp³-hybridized carbons (Fsp3) is 0.286. The van der Waals surface area contributed by atoms with Crippen molar-refractivity contribution in [2.45, 2.75) is 13.3 Å². The molecule has 0 radical (unpaired) electrons. The lowest BCUT2D eigenvalue weighted by molar-refractivity contribution is -0.385. The van der Waals surface area contributed by atoms with Crippen molar-refractivity contribution in [2.75, 3.05) is 14.2 Å². The van der Waals surface area contributed by atoms with E-state index in [9.17, 15) is 14.9 Å². The first-order chi connectivity index (χ1) is 10.9. The van der Waals surface area contributed by atoms with Crippen LogP contribution in [0.4, 0.5) is 5.69 Å². The molecule has 122 valence electrons. The second kappa shape index (κ2) is 6.61. The molecule has 2 aromatic rings. The SMILES string of the molecule is COc1cc(OC)c([N+](=O)[O-])cc1Cc1c(C)[nH]c(=S)[nH]c1=O. The second-order valence-corrected chi connectivity index (χ2v) is 5.19. The Hall–Kier alpha value is -2.68. The zero-order valence-corrected chi connectivity index (χ0v) is 13.6. The lowest BCUT2D eigenvalue weighted by atomic mass is 10.0. The van der Waals surface area contributed by atoms with Crippen molar-refractivity contribution >= 4 is 17.9 Å². The number of hydrogen-bond acceptors (Lipinski definition) is 6. The topological polar surface area (TPSA) is 110 Å². The number of ether oxygens (including phenoxy) is 2. The zero-order chi connectivity index (χ0) is 17.1. The summed E-state index contributed by atoms with van der Waals surface area (Å²) in [5, 5.41) is 11.2. The van der Waals surface area contributed by atoms with Crippen LogP contribution in [0.15, 0.2) is 16.9 Å². The Morgan fingerprint density at radius 3 is 2.39 bits per heavy atom. The van der Waals surface area contributed by atoms with Crippen molar-refractivity contribution in [1.82, 2.24) is 9.97 Å². The van der Waals surface area contributed by atoms with Gasteiger partial charge in [0.2, 0.25) is 5.75 Å². The van der Waals surface area contributed by atoms with Crippen LogP contribution < -0.4 is 15.0 Å². The maximum atomic E-state index is 12.1. The number of nitrogens with zero attached hydrogens (tertiary/aromatic N) is 1. The zero-order valence-electron chi connectivity index (χ0n) is 12.8. The standard InChI is InChI=1S/C14H15N3O5S/c1-7-9(13(18)16-14(23)15-7)4-8-5-10(17(19)20)12(22-3)6-11(8)21-2/h5-6H,4H2,1-3H3,(H2,15,16,18,23). The van der Waals surface area contributed by atoms with Crippen LogP contribution in [0.1, 0.15) is 16.8 Å². The van der Waals surface area contributed by atoms with Gasteiger partial charge in [0.15, 0.2) is 4.77 Å². The van der Waals surface area contributed by atoms with E-state index >= 15 is 0 Å². The summed E-state index contributed by atoms with van der Waals surface area (Å²) in [6.45, 7) is 1.71. The number of benzene rings is 1. The smallest absolute Gasteiger partial charge is 0.311 e. The molecular formula is C14H15N3O5S. The second-order valence-electron chi connectivity index (χ2n) is 4.78. The third kappa shape index (κ3) is 3.39. The molecule has 2 rings (SSSR count). The first-order valence-corrected chi connectivity index (χ1v) is 6.99. The van der Waals surface area contributed by atoms with Gasteiger partial charge in [0.05, 0.1) is 19.1 Å². The number of rotatable bonds is 5.